The second-order valence-electron chi connectivity index (χ2n) is 7.34. The van der Waals surface area contributed by atoms with Crippen molar-refractivity contribution in [2.24, 2.45) is 0 Å². The first kappa shape index (κ1) is 22.0. The van der Waals surface area contributed by atoms with Gasteiger partial charge in [0.05, 0.1) is 30.8 Å². The highest BCUT2D eigenvalue weighted by molar-refractivity contribution is 6.04. The number of benzene rings is 2. The lowest BCUT2D eigenvalue weighted by molar-refractivity contribution is -0.384. The number of nitro groups is 1. The van der Waals surface area contributed by atoms with Crippen molar-refractivity contribution in [3.8, 4) is 16.9 Å². The molecule has 11 nitrogen and oxygen atoms in total. The number of nitrogens with one attached hydrogen (secondary N) is 2. The molecule has 0 saturated carbocycles. The number of methoxy groups -OCH3 is 2. The molecule has 170 valence electrons. The molecular weight excluding hydrogens is 430 g/mol. The van der Waals surface area contributed by atoms with Crippen molar-refractivity contribution in [2.75, 3.05) is 24.9 Å². The van der Waals surface area contributed by atoms with E-state index in [4.69, 9.17) is 9.47 Å². The summed E-state index contributed by atoms with van der Waals surface area (Å²) in [6, 6.07) is 11.9. The summed E-state index contributed by atoms with van der Waals surface area (Å²) in [6.07, 6.45) is -0.161. The van der Waals surface area contributed by atoms with Crippen molar-refractivity contribution in [2.45, 2.75) is 19.1 Å². The van der Waals surface area contributed by atoms with Gasteiger partial charge in [0.2, 0.25) is 5.91 Å². The van der Waals surface area contributed by atoms with Crippen molar-refractivity contribution in [3.63, 3.8) is 0 Å². The molecule has 2 N–H and O–H groups in total. The first-order valence-corrected chi connectivity index (χ1v) is 10.0. The smallest absolute Gasteiger partial charge is 0.269 e. The molecule has 2 heterocycles. The minimum absolute atomic E-state index is 0.0823. The Morgan fingerprint density at radius 1 is 1.18 bits per heavy atom. The lowest BCUT2D eigenvalue weighted by Gasteiger charge is -2.10. The highest BCUT2D eigenvalue weighted by Crippen LogP contribution is 2.39. The fraction of sp³-hybridized carbons (Fsp3) is 0.227. The number of nitro benzene ring substituents is 1. The van der Waals surface area contributed by atoms with Gasteiger partial charge in [-0.2, -0.15) is 5.10 Å². The van der Waals surface area contributed by atoms with E-state index in [2.05, 4.69) is 15.7 Å². The molecule has 0 radical (unpaired) electrons. The van der Waals surface area contributed by atoms with E-state index in [-0.39, 0.29) is 24.6 Å². The molecule has 0 aliphatic carbocycles. The molecule has 0 fully saturated rings. The van der Waals surface area contributed by atoms with Crippen LogP contribution in [0.25, 0.3) is 11.1 Å². The summed E-state index contributed by atoms with van der Waals surface area (Å²) < 4.78 is 12.0. The van der Waals surface area contributed by atoms with E-state index in [0.717, 1.165) is 5.56 Å². The number of fused-ring (bicyclic) bond motifs is 1. The largest absolute Gasteiger partial charge is 0.497 e. The standard InChI is InChI=1S/C22H21N5O6/c1-32-12-17-20(13-3-9-16(33-2)10-4-13)21-24-22(29)18(26(21)25-17)11-19(28)23-14-5-7-15(8-6-14)27(30)31/h3-10,18H,11-12H2,1-2H3,(H,23,28)(H,24,29). The molecule has 2 amide bonds. The number of carbonyl (C=O) groups excluding carboxylic acids is 2. The third kappa shape index (κ3) is 4.39. The van der Waals surface area contributed by atoms with E-state index in [1.165, 1.54) is 28.9 Å². The Morgan fingerprint density at radius 2 is 1.88 bits per heavy atom. The van der Waals surface area contributed by atoms with Crippen LogP contribution in [-0.2, 0) is 20.9 Å². The quantitative estimate of drug-likeness (QED) is 0.396. The SMILES string of the molecule is COCc1nn2c(c1-c1ccc(OC)cc1)NC(=O)C2CC(=O)Nc1ccc([N+](=O)[O-])cc1. The highest BCUT2D eigenvalue weighted by atomic mass is 16.6. The molecule has 33 heavy (non-hydrogen) atoms. The topological polar surface area (TPSA) is 138 Å². The van der Waals surface area contributed by atoms with Gasteiger partial charge in [-0.15, -0.1) is 0 Å². The van der Waals surface area contributed by atoms with Crippen LogP contribution in [0.3, 0.4) is 0 Å². The molecule has 4 rings (SSSR count). The number of hydrogen-bond acceptors (Lipinski definition) is 7. The van der Waals surface area contributed by atoms with Gasteiger partial charge in [0.25, 0.3) is 11.6 Å². The molecule has 0 saturated heterocycles. The van der Waals surface area contributed by atoms with Crippen LogP contribution in [0.2, 0.25) is 0 Å². The number of hydrogen-bond donors (Lipinski definition) is 2. The Balaban J connectivity index is 1.57. The highest BCUT2D eigenvalue weighted by Gasteiger charge is 2.37. The minimum atomic E-state index is -0.847. The van der Waals surface area contributed by atoms with Crippen molar-refractivity contribution < 1.29 is 24.0 Å². The number of carbonyl (C=O) groups is 2. The molecule has 11 heteroatoms. The summed E-state index contributed by atoms with van der Waals surface area (Å²) in [6.45, 7) is 0.221. The summed E-state index contributed by atoms with van der Waals surface area (Å²) in [4.78, 5) is 35.5. The van der Waals surface area contributed by atoms with Crippen molar-refractivity contribution in [3.05, 3.63) is 64.3 Å². The average Bonchev–Trinajstić information content (AvgIpc) is 3.29. The molecule has 3 aromatic rings. The Morgan fingerprint density at radius 3 is 2.48 bits per heavy atom. The van der Waals surface area contributed by atoms with E-state index in [1.807, 2.05) is 24.3 Å². The number of rotatable bonds is 8. The molecule has 0 spiro atoms. The van der Waals surface area contributed by atoms with Gasteiger partial charge in [0.15, 0.2) is 0 Å². The van der Waals surface area contributed by atoms with Crippen LogP contribution in [0.5, 0.6) is 5.75 Å². The molecule has 0 bridgehead atoms. The van der Waals surface area contributed by atoms with Gasteiger partial charge in [-0.05, 0) is 29.8 Å². The second kappa shape index (κ2) is 9.09. The monoisotopic (exact) mass is 451 g/mol. The van der Waals surface area contributed by atoms with Crippen molar-refractivity contribution in [1.29, 1.82) is 0 Å². The van der Waals surface area contributed by atoms with Gasteiger partial charge < -0.3 is 20.1 Å². The van der Waals surface area contributed by atoms with Gasteiger partial charge in [-0.25, -0.2) is 4.68 Å². The number of ether oxygens (including phenoxy) is 2. The maximum absolute atomic E-state index is 12.7. The van der Waals surface area contributed by atoms with Crippen molar-refractivity contribution in [1.82, 2.24) is 9.78 Å². The fourth-order valence-corrected chi connectivity index (χ4v) is 3.67. The second-order valence-corrected chi connectivity index (χ2v) is 7.34. The number of aromatic nitrogens is 2. The maximum Gasteiger partial charge on any atom is 0.269 e. The molecular formula is C22H21N5O6. The van der Waals surface area contributed by atoms with E-state index >= 15 is 0 Å². The normalized spacial score (nSPS) is 14.5. The Labute approximate surface area is 188 Å². The van der Waals surface area contributed by atoms with Crippen LogP contribution in [0.15, 0.2) is 48.5 Å². The lowest BCUT2D eigenvalue weighted by atomic mass is 10.1. The van der Waals surface area contributed by atoms with E-state index in [1.54, 1.807) is 14.2 Å². The van der Waals surface area contributed by atoms with Crippen LogP contribution in [0.4, 0.5) is 17.2 Å². The van der Waals surface area contributed by atoms with Crippen LogP contribution < -0.4 is 15.4 Å². The third-order valence-corrected chi connectivity index (χ3v) is 5.22. The summed E-state index contributed by atoms with van der Waals surface area (Å²) in [7, 11) is 3.13. The van der Waals surface area contributed by atoms with Crippen LogP contribution in [0.1, 0.15) is 18.2 Å². The van der Waals surface area contributed by atoms with Gasteiger partial charge in [-0.1, -0.05) is 12.1 Å². The zero-order valence-electron chi connectivity index (χ0n) is 17.9. The molecule has 1 unspecified atom stereocenters. The number of nitrogens with zero attached hydrogens (tertiary/aromatic N) is 3. The number of anilines is 2. The van der Waals surface area contributed by atoms with Crippen molar-refractivity contribution >= 4 is 29.0 Å². The maximum atomic E-state index is 12.7. The predicted octanol–water partition coefficient (Wildman–Crippen LogP) is 3.14. The van der Waals surface area contributed by atoms with E-state index in [0.29, 0.717) is 28.5 Å². The third-order valence-electron chi connectivity index (χ3n) is 5.22. The number of non-ortho nitro benzene ring substituents is 1. The van der Waals surface area contributed by atoms with Gasteiger partial charge in [0.1, 0.15) is 17.6 Å². The zero-order valence-corrected chi connectivity index (χ0v) is 17.9. The zero-order chi connectivity index (χ0) is 23.5. The first-order chi connectivity index (χ1) is 15.9. The Hall–Kier alpha value is -4.25. The lowest BCUT2D eigenvalue weighted by Crippen LogP contribution is -2.24. The summed E-state index contributed by atoms with van der Waals surface area (Å²) >= 11 is 0. The van der Waals surface area contributed by atoms with E-state index < -0.39 is 16.9 Å². The van der Waals surface area contributed by atoms with E-state index in [9.17, 15) is 19.7 Å². The van der Waals surface area contributed by atoms with Gasteiger partial charge >= 0.3 is 0 Å². The van der Waals surface area contributed by atoms with Crippen LogP contribution in [-0.4, -0.2) is 40.7 Å². The average molecular weight is 451 g/mol. The fourth-order valence-electron chi connectivity index (χ4n) is 3.67. The molecule has 2 aromatic carbocycles. The minimum Gasteiger partial charge on any atom is -0.497 e. The van der Waals surface area contributed by atoms with Gasteiger partial charge in [0, 0.05) is 30.5 Å². The summed E-state index contributed by atoms with van der Waals surface area (Å²) in [5.41, 5.74) is 2.47. The number of amides is 2. The van der Waals surface area contributed by atoms with Crippen LogP contribution >= 0.6 is 0 Å². The summed E-state index contributed by atoms with van der Waals surface area (Å²) in [5, 5.41) is 20.8. The Bertz CT molecular complexity index is 1200. The molecule has 1 atom stereocenters. The van der Waals surface area contributed by atoms with Gasteiger partial charge in [-0.3, -0.25) is 19.7 Å². The Kier molecular flexibility index (Phi) is 6.05. The first-order valence-electron chi connectivity index (χ1n) is 10.0. The summed E-state index contributed by atoms with van der Waals surface area (Å²) in [5.74, 6) is 0.410. The molecule has 1 aromatic heterocycles. The molecule has 1 aliphatic heterocycles. The predicted molar refractivity (Wildman–Crippen MR) is 119 cm³/mol. The van der Waals surface area contributed by atoms with Crippen LogP contribution in [0, 0.1) is 10.1 Å². The molecule has 1 aliphatic rings.